The van der Waals surface area contributed by atoms with Crippen LogP contribution in [0, 0.1) is 11.8 Å². The SMILES string of the molecule is CCNC1(C(N)=O)CCCC1CCN1CCC(COC)C1. The quantitative estimate of drug-likeness (QED) is 0.701. The van der Waals surface area contributed by atoms with E-state index in [-0.39, 0.29) is 5.91 Å². The van der Waals surface area contributed by atoms with Crippen molar-refractivity contribution in [1.82, 2.24) is 10.2 Å². The van der Waals surface area contributed by atoms with Gasteiger partial charge in [-0.3, -0.25) is 4.79 Å². The number of nitrogens with zero attached hydrogens (tertiary/aromatic N) is 1. The van der Waals surface area contributed by atoms with Crippen molar-refractivity contribution in [3.05, 3.63) is 0 Å². The number of primary amides is 1. The minimum absolute atomic E-state index is 0.162. The van der Waals surface area contributed by atoms with Crippen LogP contribution in [0.25, 0.3) is 0 Å². The van der Waals surface area contributed by atoms with E-state index in [0.29, 0.717) is 11.8 Å². The molecule has 122 valence electrons. The standard InChI is InChI=1S/C16H31N3O2/c1-3-18-16(15(17)20)8-4-5-14(16)7-10-19-9-6-13(11-19)12-21-2/h13-14,18H,3-12H2,1-2H3,(H2,17,20). The summed E-state index contributed by atoms with van der Waals surface area (Å²) in [7, 11) is 1.78. The summed E-state index contributed by atoms with van der Waals surface area (Å²) in [6, 6.07) is 0. The number of carbonyl (C=O) groups is 1. The van der Waals surface area contributed by atoms with Crippen LogP contribution in [0.3, 0.4) is 0 Å². The van der Waals surface area contributed by atoms with Crippen LogP contribution in [0.4, 0.5) is 0 Å². The highest BCUT2D eigenvalue weighted by molar-refractivity contribution is 5.85. The number of ether oxygens (including phenoxy) is 1. The maximum Gasteiger partial charge on any atom is 0.238 e. The molecule has 2 fully saturated rings. The van der Waals surface area contributed by atoms with E-state index in [1.165, 1.54) is 6.42 Å². The Balaban J connectivity index is 1.85. The van der Waals surface area contributed by atoms with Gasteiger partial charge in [-0.05, 0) is 57.2 Å². The molecule has 0 radical (unpaired) electrons. The van der Waals surface area contributed by atoms with Gasteiger partial charge in [-0.1, -0.05) is 13.3 Å². The molecular formula is C16H31N3O2. The molecule has 5 heteroatoms. The fraction of sp³-hybridized carbons (Fsp3) is 0.938. The normalized spacial score (nSPS) is 33.6. The Hall–Kier alpha value is -0.650. The minimum Gasteiger partial charge on any atom is -0.384 e. The van der Waals surface area contributed by atoms with Gasteiger partial charge in [0.05, 0.1) is 6.61 Å². The summed E-state index contributed by atoms with van der Waals surface area (Å²) in [6.07, 6.45) is 5.41. The Morgan fingerprint density at radius 3 is 2.95 bits per heavy atom. The summed E-state index contributed by atoms with van der Waals surface area (Å²) in [5, 5.41) is 3.40. The topological polar surface area (TPSA) is 67.6 Å². The van der Waals surface area contributed by atoms with Crippen molar-refractivity contribution in [2.24, 2.45) is 17.6 Å². The lowest BCUT2D eigenvalue weighted by atomic mass is 9.83. The molecule has 0 aromatic carbocycles. The maximum atomic E-state index is 12.0. The fourth-order valence-electron chi connectivity index (χ4n) is 4.25. The number of likely N-dealkylation sites (tertiary alicyclic amines) is 1. The van der Waals surface area contributed by atoms with E-state index in [0.717, 1.165) is 58.5 Å². The van der Waals surface area contributed by atoms with Gasteiger partial charge in [0.15, 0.2) is 0 Å². The molecule has 3 N–H and O–H groups in total. The van der Waals surface area contributed by atoms with E-state index in [4.69, 9.17) is 10.5 Å². The minimum atomic E-state index is -0.458. The van der Waals surface area contributed by atoms with Gasteiger partial charge >= 0.3 is 0 Å². The Morgan fingerprint density at radius 1 is 1.48 bits per heavy atom. The number of methoxy groups -OCH3 is 1. The number of carbonyl (C=O) groups excluding carboxylic acids is 1. The smallest absolute Gasteiger partial charge is 0.238 e. The lowest BCUT2D eigenvalue weighted by Crippen LogP contribution is -2.58. The summed E-state index contributed by atoms with van der Waals surface area (Å²) in [4.78, 5) is 14.5. The zero-order valence-corrected chi connectivity index (χ0v) is 13.6. The summed E-state index contributed by atoms with van der Waals surface area (Å²) < 4.78 is 5.25. The fourth-order valence-corrected chi connectivity index (χ4v) is 4.25. The van der Waals surface area contributed by atoms with Crippen molar-refractivity contribution >= 4 is 5.91 Å². The first-order chi connectivity index (χ1) is 10.1. The molecule has 21 heavy (non-hydrogen) atoms. The first-order valence-corrected chi connectivity index (χ1v) is 8.38. The number of amides is 1. The lowest BCUT2D eigenvalue weighted by Gasteiger charge is -2.34. The Morgan fingerprint density at radius 2 is 2.29 bits per heavy atom. The number of likely N-dealkylation sites (N-methyl/N-ethyl adjacent to an activating group) is 1. The predicted octanol–water partition coefficient (Wildman–Crippen LogP) is 0.978. The van der Waals surface area contributed by atoms with Crippen molar-refractivity contribution < 1.29 is 9.53 Å². The van der Waals surface area contributed by atoms with E-state index in [2.05, 4.69) is 17.1 Å². The highest BCUT2D eigenvalue weighted by atomic mass is 16.5. The van der Waals surface area contributed by atoms with Crippen molar-refractivity contribution in [2.45, 2.75) is 44.6 Å². The van der Waals surface area contributed by atoms with Crippen LogP contribution in [0.1, 0.15) is 39.0 Å². The molecule has 0 spiro atoms. The first kappa shape index (κ1) is 16.7. The average molecular weight is 297 g/mol. The van der Waals surface area contributed by atoms with Gasteiger partial charge in [0, 0.05) is 13.7 Å². The molecule has 1 heterocycles. The third kappa shape index (κ3) is 3.76. The van der Waals surface area contributed by atoms with Crippen LogP contribution in [-0.4, -0.2) is 56.2 Å². The number of nitrogens with one attached hydrogen (secondary N) is 1. The summed E-state index contributed by atoms with van der Waals surface area (Å²) in [6.45, 7) is 7.08. The van der Waals surface area contributed by atoms with Gasteiger partial charge in [-0.15, -0.1) is 0 Å². The lowest BCUT2D eigenvalue weighted by molar-refractivity contribution is -0.126. The molecule has 2 rings (SSSR count). The Kier molecular flexibility index (Phi) is 6.02. The summed E-state index contributed by atoms with van der Waals surface area (Å²) in [5.41, 5.74) is 5.27. The molecular weight excluding hydrogens is 266 g/mol. The molecule has 0 bridgehead atoms. The van der Waals surface area contributed by atoms with Gasteiger partial charge < -0.3 is 20.7 Å². The van der Waals surface area contributed by atoms with Crippen molar-refractivity contribution in [3.8, 4) is 0 Å². The summed E-state index contributed by atoms with van der Waals surface area (Å²) in [5.74, 6) is 0.898. The largest absolute Gasteiger partial charge is 0.384 e. The molecule has 1 amide bonds. The zero-order valence-electron chi connectivity index (χ0n) is 13.6. The average Bonchev–Trinajstić information content (AvgIpc) is 3.05. The second-order valence-electron chi connectivity index (χ2n) is 6.65. The van der Waals surface area contributed by atoms with Crippen LogP contribution >= 0.6 is 0 Å². The van der Waals surface area contributed by atoms with Crippen LogP contribution in [0.15, 0.2) is 0 Å². The van der Waals surface area contributed by atoms with E-state index < -0.39 is 5.54 Å². The first-order valence-electron chi connectivity index (χ1n) is 8.38. The van der Waals surface area contributed by atoms with E-state index in [9.17, 15) is 4.79 Å². The Labute approximate surface area is 128 Å². The molecule has 1 aliphatic carbocycles. The Bertz CT molecular complexity index is 350. The third-order valence-electron chi connectivity index (χ3n) is 5.32. The van der Waals surface area contributed by atoms with Crippen LogP contribution in [-0.2, 0) is 9.53 Å². The zero-order chi connectivity index (χ0) is 15.3. The van der Waals surface area contributed by atoms with E-state index >= 15 is 0 Å². The number of hydrogen-bond donors (Lipinski definition) is 2. The van der Waals surface area contributed by atoms with Crippen molar-refractivity contribution in [3.63, 3.8) is 0 Å². The maximum absolute atomic E-state index is 12.0. The molecule has 3 unspecified atom stereocenters. The molecule has 3 atom stereocenters. The number of hydrogen-bond acceptors (Lipinski definition) is 4. The van der Waals surface area contributed by atoms with Crippen LogP contribution in [0.2, 0.25) is 0 Å². The molecule has 1 saturated heterocycles. The van der Waals surface area contributed by atoms with Gasteiger partial charge in [0.2, 0.25) is 5.91 Å². The predicted molar refractivity (Wildman–Crippen MR) is 84.0 cm³/mol. The highest BCUT2D eigenvalue weighted by Gasteiger charge is 2.46. The highest BCUT2D eigenvalue weighted by Crippen LogP contribution is 2.38. The van der Waals surface area contributed by atoms with Crippen LogP contribution in [0.5, 0.6) is 0 Å². The van der Waals surface area contributed by atoms with Crippen molar-refractivity contribution in [2.75, 3.05) is 39.9 Å². The molecule has 0 aromatic heterocycles. The van der Waals surface area contributed by atoms with E-state index in [1.807, 2.05) is 0 Å². The number of rotatable bonds is 8. The second kappa shape index (κ2) is 7.56. The van der Waals surface area contributed by atoms with Gasteiger partial charge in [-0.25, -0.2) is 0 Å². The van der Waals surface area contributed by atoms with Gasteiger partial charge in [0.1, 0.15) is 5.54 Å². The van der Waals surface area contributed by atoms with E-state index in [1.54, 1.807) is 7.11 Å². The second-order valence-corrected chi connectivity index (χ2v) is 6.65. The van der Waals surface area contributed by atoms with Gasteiger partial charge in [0.25, 0.3) is 0 Å². The third-order valence-corrected chi connectivity index (χ3v) is 5.32. The number of nitrogens with two attached hydrogens (primary N) is 1. The van der Waals surface area contributed by atoms with Crippen molar-refractivity contribution in [1.29, 1.82) is 0 Å². The van der Waals surface area contributed by atoms with Crippen LogP contribution < -0.4 is 11.1 Å². The molecule has 2 aliphatic rings. The van der Waals surface area contributed by atoms with Gasteiger partial charge in [-0.2, -0.15) is 0 Å². The molecule has 1 saturated carbocycles. The molecule has 5 nitrogen and oxygen atoms in total. The summed E-state index contributed by atoms with van der Waals surface area (Å²) >= 11 is 0. The molecule has 0 aromatic rings. The molecule has 1 aliphatic heterocycles. The monoisotopic (exact) mass is 297 g/mol.